The van der Waals surface area contributed by atoms with E-state index in [1.54, 1.807) is 0 Å². The van der Waals surface area contributed by atoms with E-state index in [9.17, 15) is 0 Å². The molecule has 0 spiro atoms. The lowest BCUT2D eigenvalue weighted by molar-refractivity contribution is 0.616. The summed E-state index contributed by atoms with van der Waals surface area (Å²) in [4.78, 5) is 5.08. The van der Waals surface area contributed by atoms with Crippen molar-refractivity contribution in [1.82, 2.24) is 4.98 Å². The third-order valence-electron chi connectivity index (χ3n) is 10.3. The number of benzene rings is 7. The lowest BCUT2D eigenvalue weighted by Gasteiger charge is -2.22. The smallest absolute Gasteiger partial charge is 0.231 e. The van der Waals surface area contributed by atoms with Gasteiger partial charge in [-0.25, -0.2) is 4.98 Å². The zero-order valence-electron chi connectivity index (χ0n) is 29.9. The molecule has 0 aliphatic heterocycles. The summed E-state index contributed by atoms with van der Waals surface area (Å²) in [6.07, 6.45) is 0. The van der Waals surface area contributed by atoms with Crippen LogP contribution in [0.3, 0.4) is 0 Å². The molecule has 0 unspecified atom stereocenters. The van der Waals surface area contributed by atoms with Gasteiger partial charge >= 0.3 is 0 Å². The van der Waals surface area contributed by atoms with Crippen molar-refractivity contribution in [2.24, 2.45) is 0 Å². The molecule has 0 atom stereocenters. The van der Waals surface area contributed by atoms with Crippen LogP contribution in [0.2, 0.25) is 0 Å². The number of rotatable bonds is 7. The van der Waals surface area contributed by atoms with Crippen molar-refractivity contribution < 1.29 is 8.83 Å². The van der Waals surface area contributed by atoms with Gasteiger partial charge in [0.05, 0.1) is 5.56 Å². The van der Waals surface area contributed by atoms with Crippen LogP contribution in [-0.2, 0) is 0 Å². The molecule has 7 aromatic carbocycles. The fourth-order valence-electron chi connectivity index (χ4n) is 7.60. The van der Waals surface area contributed by atoms with E-state index in [4.69, 9.17) is 13.8 Å². The van der Waals surface area contributed by atoms with Crippen LogP contribution in [0.4, 0.5) is 0 Å². The molecular weight excluding hydrogens is 635 g/mol. The maximum Gasteiger partial charge on any atom is 0.231 e. The standard InChI is InChI=1S/C49H39NO2/c1-30(2)42-27-37(35-23-21-34(22-24-35)32-13-7-5-8-14-32)28-43(31(3)4)46(42)40-18-12-20-44-48(40)52-49(50-44)41-19-11-17-39-38-26-25-36(29-45(38)51-47(39)41)33-15-9-6-10-16-33/h5-31H,1-4H3. The highest BCUT2D eigenvalue weighted by Gasteiger charge is 2.23. The van der Waals surface area contributed by atoms with Gasteiger partial charge < -0.3 is 8.83 Å². The second-order valence-corrected chi connectivity index (χ2v) is 14.3. The Morgan fingerprint density at radius 2 is 0.981 bits per heavy atom. The van der Waals surface area contributed by atoms with Gasteiger partial charge in [-0.05, 0) is 86.2 Å². The van der Waals surface area contributed by atoms with Crippen molar-refractivity contribution in [2.75, 3.05) is 0 Å². The van der Waals surface area contributed by atoms with Gasteiger partial charge in [0.2, 0.25) is 5.89 Å². The van der Waals surface area contributed by atoms with E-state index in [-0.39, 0.29) is 0 Å². The average molecular weight is 674 g/mol. The van der Waals surface area contributed by atoms with Gasteiger partial charge in [-0.3, -0.25) is 0 Å². The summed E-state index contributed by atoms with van der Waals surface area (Å²) in [6, 6.07) is 53.6. The zero-order chi connectivity index (χ0) is 35.3. The molecule has 252 valence electrons. The Kier molecular flexibility index (Phi) is 7.85. The fraction of sp³-hybridized carbons (Fsp3) is 0.122. The van der Waals surface area contributed by atoms with E-state index in [1.807, 2.05) is 18.2 Å². The van der Waals surface area contributed by atoms with Crippen molar-refractivity contribution in [3.05, 3.63) is 163 Å². The molecule has 52 heavy (non-hydrogen) atoms. The SMILES string of the molecule is CC(C)c1cc(-c2ccc(-c3ccccc3)cc2)cc(C(C)C)c1-c1cccc2nc(-c3cccc4c3oc3cc(-c5ccccc5)ccc34)oc12. The molecule has 0 saturated carbocycles. The third-order valence-corrected chi connectivity index (χ3v) is 10.3. The van der Waals surface area contributed by atoms with Crippen LogP contribution in [0.25, 0.3) is 89.0 Å². The van der Waals surface area contributed by atoms with Gasteiger partial charge in [0.1, 0.15) is 16.7 Å². The second kappa shape index (κ2) is 12.9. The van der Waals surface area contributed by atoms with Gasteiger partial charge in [0, 0.05) is 16.3 Å². The first-order valence-electron chi connectivity index (χ1n) is 18.2. The Bertz CT molecular complexity index is 2680. The molecule has 0 bridgehead atoms. The molecule has 2 aromatic heterocycles. The second-order valence-electron chi connectivity index (χ2n) is 14.3. The Morgan fingerprint density at radius 1 is 0.423 bits per heavy atom. The monoisotopic (exact) mass is 673 g/mol. The number of nitrogens with zero attached hydrogens (tertiary/aromatic N) is 1. The maximum atomic E-state index is 6.81. The normalized spacial score (nSPS) is 11.8. The molecule has 3 heteroatoms. The molecular formula is C49H39NO2. The summed E-state index contributed by atoms with van der Waals surface area (Å²) in [5, 5.41) is 2.12. The first kappa shape index (κ1) is 31.8. The summed E-state index contributed by atoms with van der Waals surface area (Å²) in [5.74, 6) is 1.14. The zero-order valence-corrected chi connectivity index (χ0v) is 29.9. The molecule has 0 radical (unpaired) electrons. The van der Waals surface area contributed by atoms with E-state index in [0.717, 1.165) is 55.3 Å². The number of furan rings is 1. The third kappa shape index (κ3) is 5.50. The van der Waals surface area contributed by atoms with Gasteiger partial charge in [-0.15, -0.1) is 0 Å². The number of oxazole rings is 1. The van der Waals surface area contributed by atoms with Crippen molar-refractivity contribution >= 4 is 33.0 Å². The summed E-state index contributed by atoms with van der Waals surface area (Å²) in [7, 11) is 0. The molecule has 0 aliphatic rings. The Morgan fingerprint density at radius 3 is 1.63 bits per heavy atom. The largest absolute Gasteiger partial charge is 0.455 e. The number of fused-ring (bicyclic) bond motifs is 4. The Hall–Kier alpha value is -6.19. The Labute approximate surface area is 304 Å². The van der Waals surface area contributed by atoms with Gasteiger partial charge in [0.25, 0.3) is 0 Å². The van der Waals surface area contributed by atoms with E-state index < -0.39 is 0 Å². The van der Waals surface area contributed by atoms with Gasteiger partial charge in [-0.2, -0.15) is 0 Å². The maximum absolute atomic E-state index is 6.81. The highest BCUT2D eigenvalue weighted by Crippen LogP contribution is 2.44. The van der Waals surface area contributed by atoms with E-state index in [1.165, 1.54) is 38.9 Å². The summed E-state index contributed by atoms with van der Waals surface area (Å²) >= 11 is 0. The van der Waals surface area contributed by atoms with Crippen molar-refractivity contribution in [3.8, 4) is 56.0 Å². The highest BCUT2D eigenvalue weighted by atomic mass is 16.4. The van der Waals surface area contributed by atoms with E-state index in [2.05, 4.69) is 161 Å². The highest BCUT2D eigenvalue weighted by molar-refractivity contribution is 6.10. The number of hydrogen-bond donors (Lipinski definition) is 0. The lowest BCUT2D eigenvalue weighted by atomic mass is 9.82. The molecule has 0 fully saturated rings. The number of aromatic nitrogens is 1. The molecule has 0 aliphatic carbocycles. The molecule has 3 nitrogen and oxygen atoms in total. The molecule has 9 rings (SSSR count). The lowest BCUT2D eigenvalue weighted by Crippen LogP contribution is -2.01. The van der Waals surface area contributed by atoms with Crippen molar-refractivity contribution in [2.45, 2.75) is 39.5 Å². The fourth-order valence-corrected chi connectivity index (χ4v) is 7.60. The summed E-state index contributed by atoms with van der Waals surface area (Å²) < 4.78 is 13.4. The predicted octanol–water partition coefficient (Wildman–Crippen LogP) is 14.3. The van der Waals surface area contributed by atoms with Crippen LogP contribution in [0, 0.1) is 0 Å². The molecule has 0 N–H and O–H groups in total. The number of hydrogen-bond acceptors (Lipinski definition) is 3. The van der Waals surface area contributed by atoms with Crippen LogP contribution in [0.1, 0.15) is 50.7 Å². The first-order valence-corrected chi connectivity index (χ1v) is 18.2. The summed E-state index contributed by atoms with van der Waals surface area (Å²) in [6.45, 7) is 9.12. The van der Waals surface area contributed by atoms with E-state index in [0.29, 0.717) is 17.7 Å². The molecule has 9 aromatic rings. The minimum absolute atomic E-state index is 0.291. The quantitative estimate of drug-likeness (QED) is 0.169. The van der Waals surface area contributed by atoms with Crippen LogP contribution < -0.4 is 0 Å². The summed E-state index contributed by atoms with van der Waals surface area (Å²) in [5.41, 5.74) is 16.2. The van der Waals surface area contributed by atoms with Crippen LogP contribution in [0.15, 0.2) is 160 Å². The molecule has 0 amide bonds. The topological polar surface area (TPSA) is 39.2 Å². The van der Waals surface area contributed by atoms with Crippen LogP contribution in [-0.4, -0.2) is 4.98 Å². The van der Waals surface area contributed by atoms with Crippen LogP contribution in [0.5, 0.6) is 0 Å². The molecule has 0 saturated heterocycles. The first-order chi connectivity index (χ1) is 25.4. The van der Waals surface area contributed by atoms with Gasteiger partial charge in [0.15, 0.2) is 5.58 Å². The minimum atomic E-state index is 0.291. The minimum Gasteiger partial charge on any atom is -0.455 e. The predicted molar refractivity (Wildman–Crippen MR) is 217 cm³/mol. The van der Waals surface area contributed by atoms with E-state index >= 15 is 0 Å². The number of para-hydroxylation sites is 2. The van der Waals surface area contributed by atoms with Crippen molar-refractivity contribution in [3.63, 3.8) is 0 Å². The van der Waals surface area contributed by atoms with Crippen LogP contribution >= 0.6 is 0 Å². The van der Waals surface area contributed by atoms with Crippen molar-refractivity contribution in [1.29, 1.82) is 0 Å². The Balaban J connectivity index is 1.16. The molecule has 2 heterocycles. The average Bonchev–Trinajstić information content (AvgIpc) is 3.80. The van der Waals surface area contributed by atoms with Gasteiger partial charge in [-0.1, -0.05) is 155 Å².